The van der Waals surface area contributed by atoms with Gasteiger partial charge in [0.25, 0.3) is 0 Å². The first-order chi connectivity index (χ1) is 11.7. The average Bonchev–Trinajstić information content (AvgIpc) is 3.01. The van der Waals surface area contributed by atoms with Crippen molar-refractivity contribution in [3.8, 4) is 0 Å². The number of rotatable bonds is 6. The van der Waals surface area contributed by atoms with E-state index in [-0.39, 0.29) is 5.91 Å². The molecule has 1 aliphatic heterocycles. The number of anilines is 1. The van der Waals surface area contributed by atoms with E-state index < -0.39 is 0 Å². The number of morpholine rings is 1. The number of carbonyl (C=O) groups is 1. The van der Waals surface area contributed by atoms with E-state index in [1.165, 1.54) is 17.3 Å². The molecule has 0 spiro atoms. The van der Waals surface area contributed by atoms with Gasteiger partial charge in [0.2, 0.25) is 5.91 Å². The van der Waals surface area contributed by atoms with Gasteiger partial charge in [-0.2, -0.15) is 0 Å². The smallest absolute Gasteiger partial charge is 0.234 e. The van der Waals surface area contributed by atoms with Crippen molar-refractivity contribution in [1.82, 2.24) is 4.90 Å². The highest BCUT2D eigenvalue weighted by atomic mass is 32.2. The van der Waals surface area contributed by atoms with Crippen LogP contribution in [-0.4, -0.2) is 42.9 Å². The second kappa shape index (κ2) is 8.37. The lowest BCUT2D eigenvalue weighted by molar-refractivity contribution is -0.113. The average molecular weight is 346 g/mol. The van der Waals surface area contributed by atoms with Crippen LogP contribution in [-0.2, 0) is 16.1 Å². The summed E-state index contributed by atoms with van der Waals surface area (Å²) in [7, 11) is 0. The van der Waals surface area contributed by atoms with Gasteiger partial charge in [0.15, 0.2) is 0 Å². The highest BCUT2D eigenvalue weighted by Crippen LogP contribution is 2.23. The minimum absolute atomic E-state index is 0.0125. The fourth-order valence-electron chi connectivity index (χ4n) is 2.57. The quantitative estimate of drug-likeness (QED) is 0.815. The van der Waals surface area contributed by atoms with Crippen LogP contribution in [0.1, 0.15) is 11.3 Å². The van der Waals surface area contributed by atoms with Crippen molar-refractivity contribution in [2.75, 3.05) is 37.4 Å². The second-order valence-corrected chi connectivity index (χ2v) is 6.78. The summed E-state index contributed by atoms with van der Waals surface area (Å²) >= 11 is 1.48. The van der Waals surface area contributed by atoms with E-state index in [9.17, 15) is 4.79 Å². The number of ether oxygens (including phenoxy) is 1. The molecular formula is C18H22N2O3S. The van der Waals surface area contributed by atoms with Gasteiger partial charge in [0, 0.05) is 30.2 Å². The van der Waals surface area contributed by atoms with Crippen molar-refractivity contribution < 1.29 is 13.9 Å². The lowest BCUT2D eigenvalue weighted by atomic mass is 10.2. The van der Waals surface area contributed by atoms with Crippen molar-refractivity contribution >= 4 is 23.4 Å². The van der Waals surface area contributed by atoms with Crippen molar-refractivity contribution in [2.24, 2.45) is 0 Å². The van der Waals surface area contributed by atoms with Crippen molar-refractivity contribution in [1.29, 1.82) is 0 Å². The zero-order valence-corrected chi connectivity index (χ0v) is 14.6. The van der Waals surface area contributed by atoms with Gasteiger partial charge in [-0.3, -0.25) is 9.69 Å². The summed E-state index contributed by atoms with van der Waals surface area (Å²) in [5.41, 5.74) is 2.08. The van der Waals surface area contributed by atoms with Gasteiger partial charge in [0.1, 0.15) is 5.76 Å². The molecule has 5 nitrogen and oxygen atoms in total. The van der Waals surface area contributed by atoms with Crippen LogP contribution in [0.4, 0.5) is 5.69 Å². The molecule has 0 unspecified atom stereocenters. The summed E-state index contributed by atoms with van der Waals surface area (Å²) in [5, 5.41) is 2.93. The van der Waals surface area contributed by atoms with Gasteiger partial charge in [-0.15, -0.1) is 11.8 Å². The van der Waals surface area contributed by atoms with Gasteiger partial charge in [0.05, 0.1) is 25.2 Å². The molecule has 128 valence electrons. The van der Waals surface area contributed by atoms with Crippen LogP contribution in [0.25, 0.3) is 0 Å². The number of benzene rings is 1. The first-order valence-electron chi connectivity index (χ1n) is 8.06. The molecule has 1 amide bonds. The number of amides is 1. The van der Waals surface area contributed by atoms with E-state index in [4.69, 9.17) is 9.15 Å². The van der Waals surface area contributed by atoms with Gasteiger partial charge in [-0.05, 0) is 30.7 Å². The minimum atomic E-state index is -0.0125. The Morgan fingerprint density at radius 3 is 2.62 bits per heavy atom. The number of hydrogen-bond donors (Lipinski definition) is 1. The van der Waals surface area contributed by atoms with Crippen LogP contribution >= 0.6 is 11.8 Å². The summed E-state index contributed by atoms with van der Waals surface area (Å²) in [4.78, 5) is 15.4. The van der Waals surface area contributed by atoms with E-state index in [1.54, 1.807) is 6.26 Å². The molecule has 0 atom stereocenters. The maximum atomic E-state index is 12.0. The third-order valence-corrected chi connectivity index (χ3v) is 5.06. The number of nitrogens with zero attached hydrogens (tertiary/aromatic N) is 1. The Hall–Kier alpha value is -1.76. The van der Waals surface area contributed by atoms with Crippen LogP contribution in [0.15, 0.2) is 45.9 Å². The summed E-state index contributed by atoms with van der Waals surface area (Å²) in [6.45, 7) is 6.39. The highest BCUT2D eigenvalue weighted by Gasteiger charge is 2.11. The Labute approximate surface area is 146 Å². The van der Waals surface area contributed by atoms with Crippen molar-refractivity contribution in [2.45, 2.75) is 18.4 Å². The molecule has 1 N–H and O–H groups in total. The van der Waals surface area contributed by atoms with E-state index >= 15 is 0 Å². The number of nitrogens with one attached hydrogen (secondary N) is 1. The van der Waals surface area contributed by atoms with Gasteiger partial charge in [-0.1, -0.05) is 12.1 Å². The third-order valence-electron chi connectivity index (χ3n) is 3.92. The summed E-state index contributed by atoms with van der Waals surface area (Å²) < 4.78 is 10.6. The highest BCUT2D eigenvalue weighted by molar-refractivity contribution is 8.00. The van der Waals surface area contributed by atoms with Crippen LogP contribution < -0.4 is 5.32 Å². The molecule has 0 bridgehead atoms. The zero-order valence-electron chi connectivity index (χ0n) is 13.8. The Balaban J connectivity index is 1.46. The van der Waals surface area contributed by atoms with Crippen LogP contribution in [0.3, 0.4) is 0 Å². The Bertz CT molecular complexity index is 663. The molecule has 1 aliphatic rings. The monoisotopic (exact) mass is 346 g/mol. The number of carbonyl (C=O) groups excluding carboxylic acids is 1. The molecule has 1 fully saturated rings. The van der Waals surface area contributed by atoms with Crippen LogP contribution in [0.2, 0.25) is 0 Å². The Kier molecular flexibility index (Phi) is 5.96. The molecule has 0 radical (unpaired) electrons. The topological polar surface area (TPSA) is 54.7 Å². The summed E-state index contributed by atoms with van der Waals surface area (Å²) in [6.07, 6.45) is 1.64. The van der Waals surface area contributed by atoms with Gasteiger partial charge >= 0.3 is 0 Å². The molecule has 2 aromatic rings. The number of hydrogen-bond acceptors (Lipinski definition) is 5. The molecule has 1 aromatic carbocycles. The Morgan fingerprint density at radius 1 is 1.21 bits per heavy atom. The number of thioether (sulfide) groups is 1. The number of furan rings is 1. The maximum Gasteiger partial charge on any atom is 0.234 e. The van der Waals surface area contributed by atoms with Crippen molar-refractivity contribution in [3.05, 3.63) is 47.9 Å². The van der Waals surface area contributed by atoms with Gasteiger partial charge in [-0.25, -0.2) is 0 Å². The molecule has 0 saturated carbocycles. The molecule has 1 saturated heterocycles. The molecule has 6 heteroatoms. The lowest BCUT2D eigenvalue weighted by Crippen LogP contribution is -2.35. The summed E-state index contributed by atoms with van der Waals surface area (Å²) in [5.74, 6) is 1.21. The predicted octanol–water partition coefficient (Wildman–Crippen LogP) is 3.15. The SMILES string of the molecule is Cc1occc1SCC(=O)Nc1ccc(CN2CCOCC2)cc1. The molecule has 3 rings (SSSR count). The summed E-state index contributed by atoms with van der Waals surface area (Å²) in [6, 6.07) is 9.94. The standard InChI is InChI=1S/C18H22N2O3S/c1-14-17(6-9-23-14)24-13-18(21)19-16-4-2-15(3-5-16)12-20-7-10-22-11-8-20/h2-6,9H,7-8,10-13H2,1H3,(H,19,21). The fraction of sp³-hybridized carbons (Fsp3) is 0.389. The third kappa shape index (κ3) is 4.87. The molecular weight excluding hydrogens is 324 g/mol. The zero-order chi connectivity index (χ0) is 16.8. The van der Waals surface area contributed by atoms with Crippen LogP contribution in [0, 0.1) is 6.92 Å². The van der Waals surface area contributed by atoms with Crippen LogP contribution in [0.5, 0.6) is 0 Å². The Morgan fingerprint density at radius 2 is 1.96 bits per heavy atom. The first kappa shape index (κ1) is 17.1. The molecule has 2 heterocycles. The normalized spacial score (nSPS) is 15.4. The minimum Gasteiger partial charge on any atom is -0.468 e. The first-order valence-corrected chi connectivity index (χ1v) is 9.05. The van der Waals surface area contributed by atoms with Crippen molar-refractivity contribution in [3.63, 3.8) is 0 Å². The lowest BCUT2D eigenvalue weighted by Gasteiger charge is -2.26. The van der Waals surface area contributed by atoms with E-state index in [1.807, 2.05) is 25.1 Å². The maximum absolute atomic E-state index is 12.0. The van der Waals surface area contributed by atoms with E-state index in [0.29, 0.717) is 5.75 Å². The van der Waals surface area contributed by atoms with E-state index in [2.05, 4.69) is 22.3 Å². The largest absolute Gasteiger partial charge is 0.468 e. The molecule has 1 aromatic heterocycles. The molecule has 0 aliphatic carbocycles. The van der Waals surface area contributed by atoms with E-state index in [0.717, 1.165) is 49.2 Å². The fourth-order valence-corrected chi connectivity index (χ4v) is 3.34. The molecule has 24 heavy (non-hydrogen) atoms. The van der Waals surface area contributed by atoms with Gasteiger partial charge < -0.3 is 14.5 Å². The predicted molar refractivity (Wildman–Crippen MR) is 95.3 cm³/mol. The number of aryl methyl sites for hydroxylation is 1. The second-order valence-electron chi connectivity index (χ2n) is 5.76.